The molecule has 0 saturated heterocycles. The van der Waals surface area contributed by atoms with E-state index in [1.165, 1.54) is 175 Å². The van der Waals surface area contributed by atoms with E-state index < -0.39 is 41.1 Å². The molecule has 0 saturated carbocycles. The summed E-state index contributed by atoms with van der Waals surface area (Å²) in [5, 5.41) is 0. The summed E-state index contributed by atoms with van der Waals surface area (Å²) < 4.78 is 57.3. The summed E-state index contributed by atoms with van der Waals surface area (Å²) in [5.74, 6) is -4.99. The van der Waals surface area contributed by atoms with Crippen LogP contribution in [0.1, 0.15) is 189 Å². The first kappa shape index (κ1) is 53.6. The number of esters is 4. The van der Waals surface area contributed by atoms with E-state index in [-0.39, 0.29) is 39.9 Å². The number of carbonyl (C=O) groups is 4. The number of rotatable bonds is 31. The lowest BCUT2D eigenvalue weighted by atomic mass is 10.0. The van der Waals surface area contributed by atoms with Crippen molar-refractivity contribution in [1.82, 2.24) is 0 Å². The van der Waals surface area contributed by atoms with Gasteiger partial charge in [-0.15, -0.1) is 0 Å². The summed E-state index contributed by atoms with van der Waals surface area (Å²) in [6, 6.07) is 25.9. The van der Waals surface area contributed by atoms with Crippen LogP contribution in [0.2, 0.25) is 0 Å². The van der Waals surface area contributed by atoms with Crippen LogP contribution in [0.3, 0.4) is 0 Å². The van der Waals surface area contributed by atoms with Crippen molar-refractivity contribution in [2.24, 2.45) is 0 Å². The van der Waals surface area contributed by atoms with E-state index in [1.807, 2.05) is 12.1 Å². The molecule has 0 amide bonds. The van der Waals surface area contributed by atoms with E-state index in [1.54, 1.807) is 12.1 Å². The topological polar surface area (TPSA) is 114 Å². The molecule has 0 spiro atoms. The van der Waals surface area contributed by atoms with Gasteiger partial charge in [0.05, 0.1) is 28.9 Å². The van der Waals surface area contributed by atoms with Crippen molar-refractivity contribution in [3.05, 3.63) is 149 Å². The molecule has 0 bridgehead atoms. The number of unbranched alkanes of at least 4 members (excludes halogenated alkanes) is 18. The van der Waals surface area contributed by atoms with Gasteiger partial charge in [-0.05, 0) is 97.6 Å². The van der Waals surface area contributed by atoms with Crippen molar-refractivity contribution >= 4 is 23.9 Å². The molecule has 0 atom stereocenters. The summed E-state index contributed by atoms with van der Waals surface area (Å²) in [7, 11) is 0. The highest BCUT2D eigenvalue weighted by atomic mass is 19.1. The molecule has 0 unspecified atom stereocenters. The first-order valence-corrected chi connectivity index (χ1v) is 25.0. The first-order chi connectivity index (χ1) is 33.6. The van der Waals surface area contributed by atoms with Gasteiger partial charge in [-0.2, -0.15) is 0 Å². The fourth-order valence-electron chi connectivity index (χ4n) is 7.80. The highest BCUT2D eigenvalue weighted by Crippen LogP contribution is 2.26. The molecular formula is C58H68F2O9. The Hall–Kier alpha value is -6.36. The van der Waals surface area contributed by atoms with Crippen molar-refractivity contribution in [2.45, 2.75) is 149 Å². The number of hydrogen-bond donors (Lipinski definition) is 0. The second-order valence-electron chi connectivity index (χ2n) is 17.5. The number of halogens is 2. The molecule has 0 aromatic heterocycles. The van der Waals surface area contributed by atoms with Gasteiger partial charge < -0.3 is 23.7 Å². The minimum Gasteiger partial charge on any atom is -0.493 e. The van der Waals surface area contributed by atoms with Gasteiger partial charge in [-0.1, -0.05) is 148 Å². The standard InChI is InChI=1S/C58H68F2O9/c1-3-5-7-9-11-13-15-17-19-21-24-43-27-29-44(30-28-43)55(61)66-46-33-31-45(32-34-46)56(62)67-48-25-23-26-49(40-48)68-57(63)52-38-36-50(42-54(52)60)69-58(64)51-37-35-47(41-53(51)59)65-39-22-20-18-16-14-12-10-8-6-4-2/h23,25-38,40-42H,3-22,24,39H2,1-2H3. The fourth-order valence-corrected chi connectivity index (χ4v) is 7.80. The van der Waals surface area contributed by atoms with Crippen LogP contribution in [0, 0.1) is 11.6 Å². The Balaban J connectivity index is 1.01. The van der Waals surface area contributed by atoms with Crippen molar-refractivity contribution in [2.75, 3.05) is 6.61 Å². The molecule has 5 rings (SSSR count). The molecule has 0 aliphatic carbocycles. The molecule has 9 nitrogen and oxygen atoms in total. The normalized spacial score (nSPS) is 11.0. The molecule has 0 aliphatic rings. The molecular weight excluding hydrogens is 879 g/mol. The van der Waals surface area contributed by atoms with E-state index in [4.69, 9.17) is 23.7 Å². The number of benzene rings is 5. The average molecular weight is 947 g/mol. The van der Waals surface area contributed by atoms with Crippen LogP contribution in [0.4, 0.5) is 8.78 Å². The van der Waals surface area contributed by atoms with E-state index >= 15 is 4.39 Å². The highest BCUT2D eigenvalue weighted by molar-refractivity contribution is 5.94. The average Bonchev–Trinajstić information content (AvgIpc) is 3.34. The van der Waals surface area contributed by atoms with Crippen LogP contribution in [-0.2, 0) is 6.42 Å². The number of carbonyl (C=O) groups excluding carboxylic acids is 4. The Kier molecular flexibility index (Phi) is 23.5. The number of hydrogen-bond acceptors (Lipinski definition) is 9. The summed E-state index contributed by atoms with van der Waals surface area (Å²) in [5.41, 5.74) is 0.929. The maximum Gasteiger partial charge on any atom is 0.346 e. The minimum absolute atomic E-state index is 0.0410. The van der Waals surface area contributed by atoms with Gasteiger partial charge in [-0.25, -0.2) is 28.0 Å². The predicted molar refractivity (Wildman–Crippen MR) is 265 cm³/mol. The van der Waals surface area contributed by atoms with Crippen LogP contribution in [0.25, 0.3) is 0 Å². The van der Waals surface area contributed by atoms with Gasteiger partial charge in [-0.3, -0.25) is 0 Å². The van der Waals surface area contributed by atoms with Crippen LogP contribution < -0.4 is 23.7 Å². The molecule has 368 valence electrons. The van der Waals surface area contributed by atoms with Crippen LogP contribution >= 0.6 is 0 Å². The van der Waals surface area contributed by atoms with Gasteiger partial charge in [0.25, 0.3) is 0 Å². The summed E-state index contributed by atoms with van der Waals surface area (Å²) in [4.78, 5) is 51.5. The lowest BCUT2D eigenvalue weighted by Crippen LogP contribution is -2.13. The molecule has 69 heavy (non-hydrogen) atoms. The Morgan fingerprint density at radius 2 is 0.754 bits per heavy atom. The van der Waals surface area contributed by atoms with E-state index in [2.05, 4.69) is 13.8 Å². The van der Waals surface area contributed by atoms with Crippen molar-refractivity contribution < 1.29 is 51.6 Å². The molecule has 5 aromatic carbocycles. The number of ether oxygens (including phenoxy) is 5. The van der Waals surface area contributed by atoms with Crippen LogP contribution in [-0.4, -0.2) is 30.5 Å². The van der Waals surface area contributed by atoms with Gasteiger partial charge >= 0.3 is 23.9 Å². The maximum absolute atomic E-state index is 15.1. The Bertz CT molecular complexity index is 2360. The van der Waals surface area contributed by atoms with Crippen LogP contribution in [0.5, 0.6) is 28.7 Å². The zero-order valence-electron chi connectivity index (χ0n) is 40.4. The predicted octanol–water partition coefficient (Wildman–Crippen LogP) is 15.6. The molecule has 0 fully saturated rings. The lowest BCUT2D eigenvalue weighted by molar-refractivity contribution is 0.0719. The number of aryl methyl sites for hydroxylation is 1. The van der Waals surface area contributed by atoms with E-state index in [0.717, 1.165) is 50.3 Å². The SMILES string of the molecule is CCCCCCCCCCCCOc1ccc(C(=O)Oc2ccc(C(=O)Oc3cccc(OC(=O)c4ccc(OC(=O)c5ccc(CCCCCCCCCCCC)cc5)cc4)c3)c(F)c2)c(F)c1. The Labute approximate surface area is 406 Å². The quantitative estimate of drug-likeness (QED) is 0.0243. The van der Waals surface area contributed by atoms with Crippen LogP contribution in [0.15, 0.2) is 109 Å². The van der Waals surface area contributed by atoms with Crippen molar-refractivity contribution in [3.63, 3.8) is 0 Å². The Morgan fingerprint density at radius 3 is 1.25 bits per heavy atom. The monoisotopic (exact) mass is 946 g/mol. The zero-order chi connectivity index (χ0) is 49.1. The first-order valence-electron chi connectivity index (χ1n) is 25.0. The van der Waals surface area contributed by atoms with Crippen molar-refractivity contribution in [3.8, 4) is 28.7 Å². The summed E-state index contributed by atoms with van der Waals surface area (Å²) >= 11 is 0. The second kappa shape index (κ2) is 30.2. The van der Waals surface area contributed by atoms with Crippen molar-refractivity contribution in [1.29, 1.82) is 0 Å². The van der Waals surface area contributed by atoms with Gasteiger partial charge in [0, 0.05) is 18.2 Å². The molecule has 11 heteroatoms. The van der Waals surface area contributed by atoms with E-state index in [0.29, 0.717) is 12.2 Å². The minimum atomic E-state index is -1.07. The summed E-state index contributed by atoms with van der Waals surface area (Å²) in [6.07, 6.45) is 25.7. The highest BCUT2D eigenvalue weighted by Gasteiger charge is 2.20. The molecule has 0 heterocycles. The third-order valence-corrected chi connectivity index (χ3v) is 11.8. The molecule has 0 N–H and O–H groups in total. The van der Waals surface area contributed by atoms with Gasteiger partial charge in [0.2, 0.25) is 0 Å². The molecule has 0 radical (unpaired) electrons. The van der Waals surface area contributed by atoms with Gasteiger partial charge in [0.1, 0.15) is 40.4 Å². The fraction of sp³-hybridized carbons (Fsp3) is 0.414. The lowest BCUT2D eigenvalue weighted by Gasteiger charge is -2.10. The third-order valence-electron chi connectivity index (χ3n) is 11.8. The summed E-state index contributed by atoms with van der Waals surface area (Å²) in [6.45, 7) is 4.89. The second-order valence-corrected chi connectivity index (χ2v) is 17.5. The third kappa shape index (κ3) is 19.3. The molecule has 0 aliphatic heterocycles. The zero-order valence-corrected chi connectivity index (χ0v) is 40.4. The van der Waals surface area contributed by atoms with E-state index in [9.17, 15) is 23.6 Å². The Morgan fingerprint density at radius 1 is 0.377 bits per heavy atom. The smallest absolute Gasteiger partial charge is 0.346 e. The molecule has 5 aromatic rings. The largest absolute Gasteiger partial charge is 0.493 e. The maximum atomic E-state index is 15.1. The van der Waals surface area contributed by atoms with Gasteiger partial charge in [0.15, 0.2) is 0 Å².